The van der Waals surface area contributed by atoms with Gasteiger partial charge in [0, 0.05) is 33.2 Å². The molecule has 19 heavy (non-hydrogen) atoms. The number of carbonyl (C=O) groups excluding carboxylic acids is 2. The molecule has 8 nitrogen and oxygen atoms in total. The zero-order chi connectivity index (χ0) is 14.8. The number of amides is 4. The van der Waals surface area contributed by atoms with Gasteiger partial charge in [0.2, 0.25) is 0 Å². The maximum absolute atomic E-state index is 11.4. The molecule has 0 aromatic heterocycles. The molecule has 0 aliphatic rings. The summed E-state index contributed by atoms with van der Waals surface area (Å²) in [6.07, 6.45) is 0.429. The van der Waals surface area contributed by atoms with Gasteiger partial charge in [-0.2, -0.15) is 0 Å². The number of carboxylic acids is 1. The lowest BCUT2D eigenvalue weighted by atomic mass is 10.1. The lowest BCUT2D eigenvalue weighted by Crippen LogP contribution is -2.45. The van der Waals surface area contributed by atoms with Crippen LogP contribution in [-0.2, 0) is 4.79 Å². The Kier molecular flexibility index (Phi) is 8.07. The topological polar surface area (TPSA) is 111 Å². The molecule has 4 amide bonds. The van der Waals surface area contributed by atoms with E-state index in [1.807, 2.05) is 0 Å². The summed E-state index contributed by atoms with van der Waals surface area (Å²) < 4.78 is 0. The summed E-state index contributed by atoms with van der Waals surface area (Å²) >= 11 is 0. The van der Waals surface area contributed by atoms with Crippen molar-refractivity contribution in [3.63, 3.8) is 0 Å². The predicted molar refractivity (Wildman–Crippen MR) is 70.0 cm³/mol. The van der Waals surface area contributed by atoms with Crippen LogP contribution in [0.2, 0.25) is 0 Å². The van der Waals surface area contributed by atoms with E-state index in [0.29, 0.717) is 13.0 Å². The molecule has 0 aromatic rings. The molecule has 0 bridgehead atoms. The molecule has 0 radical (unpaired) electrons. The van der Waals surface area contributed by atoms with E-state index in [4.69, 9.17) is 5.11 Å². The molecule has 0 aromatic carbocycles. The molecule has 0 spiro atoms. The molecule has 1 atom stereocenters. The molecule has 0 aliphatic heterocycles. The summed E-state index contributed by atoms with van der Waals surface area (Å²) in [5.41, 5.74) is 0. The fraction of sp³-hybridized carbons (Fsp3) is 0.727. The van der Waals surface area contributed by atoms with Gasteiger partial charge in [0.25, 0.3) is 0 Å². The summed E-state index contributed by atoms with van der Waals surface area (Å²) in [6, 6.07) is -1.07. The van der Waals surface area contributed by atoms with Crippen molar-refractivity contribution in [2.24, 2.45) is 0 Å². The number of aliphatic carboxylic acids is 1. The van der Waals surface area contributed by atoms with Gasteiger partial charge in [-0.05, 0) is 6.42 Å². The summed E-state index contributed by atoms with van der Waals surface area (Å²) in [5, 5.41) is 16.3. The number of nitrogens with zero attached hydrogens (tertiary/aromatic N) is 1. The van der Waals surface area contributed by atoms with Crippen molar-refractivity contribution in [1.82, 2.24) is 20.9 Å². The van der Waals surface area contributed by atoms with Crippen molar-refractivity contribution >= 4 is 18.0 Å². The highest BCUT2D eigenvalue weighted by atomic mass is 16.4. The van der Waals surface area contributed by atoms with Crippen LogP contribution in [0.4, 0.5) is 9.59 Å². The molecular formula is C11H22N4O4. The van der Waals surface area contributed by atoms with Crippen molar-refractivity contribution in [2.45, 2.75) is 25.8 Å². The van der Waals surface area contributed by atoms with E-state index in [2.05, 4.69) is 16.0 Å². The van der Waals surface area contributed by atoms with Crippen molar-refractivity contribution in [3.8, 4) is 0 Å². The summed E-state index contributed by atoms with van der Waals surface area (Å²) in [4.78, 5) is 34.5. The minimum atomic E-state index is -0.953. The first-order chi connectivity index (χ1) is 8.86. The van der Waals surface area contributed by atoms with Gasteiger partial charge >= 0.3 is 18.0 Å². The highest BCUT2D eigenvalue weighted by Crippen LogP contribution is 1.96. The maximum atomic E-state index is 11.4. The minimum absolute atomic E-state index is 0.110. The molecule has 110 valence electrons. The average molecular weight is 274 g/mol. The van der Waals surface area contributed by atoms with Crippen molar-refractivity contribution < 1.29 is 19.5 Å². The quantitative estimate of drug-likeness (QED) is 0.482. The molecule has 8 heteroatoms. The molecule has 1 unspecified atom stereocenters. The molecule has 0 rings (SSSR count). The fourth-order valence-corrected chi connectivity index (χ4v) is 1.25. The molecule has 0 saturated carbocycles. The van der Waals surface area contributed by atoms with Crippen LogP contribution in [0.3, 0.4) is 0 Å². The highest BCUT2D eigenvalue weighted by molar-refractivity contribution is 5.76. The Balaban J connectivity index is 3.80. The van der Waals surface area contributed by atoms with E-state index in [1.54, 1.807) is 21.0 Å². The van der Waals surface area contributed by atoms with Crippen molar-refractivity contribution in [1.29, 1.82) is 0 Å². The van der Waals surface area contributed by atoms with Gasteiger partial charge in [0.1, 0.15) is 0 Å². The SMILES string of the molecule is CCC(CC(=O)O)NC(=O)NCCNC(=O)N(C)C. The number of hydrogen-bond acceptors (Lipinski definition) is 3. The predicted octanol–water partition coefficient (Wildman–Crippen LogP) is -0.190. The van der Waals surface area contributed by atoms with Gasteiger partial charge in [-0.25, -0.2) is 9.59 Å². The normalized spacial score (nSPS) is 11.3. The van der Waals surface area contributed by atoms with Crippen molar-refractivity contribution in [2.75, 3.05) is 27.2 Å². The molecule has 0 heterocycles. The second-order valence-corrected chi connectivity index (χ2v) is 4.23. The van der Waals surface area contributed by atoms with Crippen LogP contribution in [0.15, 0.2) is 0 Å². The van der Waals surface area contributed by atoms with Gasteiger partial charge in [-0.3, -0.25) is 4.79 Å². The third-order valence-electron chi connectivity index (χ3n) is 2.34. The number of hydrogen-bond donors (Lipinski definition) is 4. The Hall–Kier alpha value is -1.99. The number of carboxylic acid groups (broad SMARTS) is 1. The number of rotatable bonds is 7. The average Bonchev–Trinajstić information content (AvgIpc) is 2.32. The van der Waals surface area contributed by atoms with Crippen molar-refractivity contribution in [3.05, 3.63) is 0 Å². The van der Waals surface area contributed by atoms with E-state index in [-0.39, 0.29) is 19.0 Å². The zero-order valence-electron chi connectivity index (χ0n) is 11.5. The molecule has 4 N–H and O–H groups in total. The second-order valence-electron chi connectivity index (χ2n) is 4.23. The number of nitrogens with one attached hydrogen (secondary N) is 3. The lowest BCUT2D eigenvalue weighted by Gasteiger charge is -2.16. The second kappa shape index (κ2) is 9.01. The van der Waals surface area contributed by atoms with E-state index in [1.165, 1.54) is 4.90 Å². The zero-order valence-corrected chi connectivity index (χ0v) is 11.5. The highest BCUT2D eigenvalue weighted by Gasteiger charge is 2.13. The van der Waals surface area contributed by atoms with Gasteiger partial charge in [0.05, 0.1) is 6.42 Å². The Morgan fingerprint density at radius 3 is 2.21 bits per heavy atom. The van der Waals surface area contributed by atoms with E-state index < -0.39 is 18.0 Å². The Bertz CT molecular complexity index is 320. The summed E-state index contributed by atoms with van der Waals surface area (Å²) in [5.74, 6) is -0.953. The van der Waals surface area contributed by atoms with Gasteiger partial charge in [-0.1, -0.05) is 6.92 Å². The smallest absolute Gasteiger partial charge is 0.316 e. The summed E-state index contributed by atoms with van der Waals surface area (Å²) in [7, 11) is 3.24. The first kappa shape index (κ1) is 17.0. The maximum Gasteiger partial charge on any atom is 0.316 e. The standard InChI is InChI=1S/C11H22N4O4/c1-4-8(7-9(16)17)14-10(18)12-5-6-13-11(19)15(2)3/h8H,4-7H2,1-3H3,(H,13,19)(H,16,17)(H2,12,14,18). The molecule has 0 saturated heterocycles. The van der Waals surface area contributed by atoms with Crippen LogP contribution in [-0.4, -0.2) is 61.3 Å². The largest absolute Gasteiger partial charge is 0.481 e. The first-order valence-electron chi connectivity index (χ1n) is 6.08. The Morgan fingerprint density at radius 1 is 1.16 bits per heavy atom. The van der Waals surface area contributed by atoms with Crippen LogP contribution < -0.4 is 16.0 Å². The van der Waals surface area contributed by atoms with Gasteiger partial charge < -0.3 is 26.0 Å². The lowest BCUT2D eigenvalue weighted by molar-refractivity contribution is -0.137. The van der Waals surface area contributed by atoms with E-state index in [9.17, 15) is 14.4 Å². The van der Waals surface area contributed by atoms with E-state index in [0.717, 1.165) is 0 Å². The monoisotopic (exact) mass is 274 g/mol. The van der Waals surface area contributed by atoms with Crippen LogP contribution in [0.1, 0.15) is 19.8 Å². The van der Waals surface area contributed by atoms with Crippen LogP contribution in [0.25, 0.3) is 0 Å². The van der Waals surface area contributed by atoms with Gasteiger partial charge in [0.15, 0.2) is 0 Å². The van der Waals surface area contributed by atoms with E-state index >= 15 is 0 Å². The third-order valence-corrected chi connectivity index (χ3v) is 2.34. The third kappa shape index (κ3) is 8.70. The number of urea groups is 2. The van der Waals surface area contributed by atoms with Crippen LogP contribution >= 0.6 is 0 Å². The molecule has 0 aliphatic carbocycles. The summed E-state index contributed by atoms with van der Waals surface area (Å²) in [6.45, 7) is 2.38. The minimum Gasteiger partial charge on any atom is -0.481 e. The molecule has 0 fully saturated rings. The van der Waals surface area contributed by atoms with Crippen LogP contribution in [0.5, 0.6) is 0 Å². The number of carbonyl (C=O) groups is 3. The first-order valence-corrected chi connectivity index (χ1v) is 6.08. The van der Waals surface area contributed by atoms with Gasteiger partial charge in [-0.15, -0.1) is 0 Å². The molecular weight excluding hydrogens is 252 g/mol. The fourth-order valence-electron chi connectivity index (χ4n) is 1.25. The Labute approximate surface area is 112 Å². The van der Waals surface area contributed by atoms with Crippen LogP contribution in [0, 0.1) is 0 Å². The Morgan fingerprint density at radius 2 is 1.74 bits per heavy atom.